The zero-order valence-electron chi connectivity index (χ0n) is 10.9. The number of aryl methyl sites for hydroxylation is 1. The Morgan fingerprint density at radius 1 is 1.10 bits per heavy atom. The van der Waals surface area contributed by atoms with Crippen LogP contribution >= 0.6 is 10.7 Å². The van der Waals surface area contributed by atoms with Crippen LogP contribution in [0.5, 0.6) is 5.75 Å². The van der Waals surface area contributed by atoms with Crippen molar-refractivity contribution in [2.75, 3.05) is 0 Å². The Morgan fingerprint density at radius 3 is 2.43 bits per heavy atom. The van der Waals surface area contributed by atoms with Crippen molar-refractivity contribution < 1.29 is 21.9 Å². The van der Waals surface area contributed by atoms with Crippen LogP contribution in [-0.2, 0) is 15.7 Å². The van der Waals surface area contributed by atoms with Gasteiger partial charge < -0.3 is 4.74 Å². The van der Waals surface area contributed by atoms with Gasteiger partial charge in [0.25, 0.3) is 9.05 Å². The normalized spacial score (nSPS) is 11.4. The molecule has 0 bridgehead atoms. The Labute approximate surface area is 125 Å². The fraction of sp³-hybridized carbons (Fsp3) is 0.143. The molecule has 2 aromatic rings. The molecule has 2 aromatic carbocycles. The second-order valence-corrected chi connectivity index (χ2v) is 6.96. The smallest absolute Gasteiger partial charge is 0.264 e. The van der Waals surface area contributed by atoms with Crippen LogP contribution in [0.4, 0.5) is 8.78 Å². The lowest BCUT2D eigenvalue weighted by Crippen LogP contribution is -2.02. The molecule has 2 rings (SSSR count). The predicted octanol–water partition coefficient (Wildman–Crippen LogP) is 3.78. The van der Waals surface area contributed by atoms with Crippen LogP contribution in [0.15, 0.2) is 41.3 Å². The first-order valence-electron chi connectivity index (χ1n) is 5.89. The van der Waals surface area contributed by atoms with E-state index >= 15 is 0 Å². The molecule has 0 unspecified atom stereocenters. The lowest BCUT2D eigenvalue weighted by Gasteiger charge is -2.10. The molecule has 0 aliphatic heterocycles. The third kappa shape index (κ3) is 3.92. The molecule has 0 radical (unpaired) electrons. The summed E-state index contributed by atoms with van der Waals surface area (Å²) in [6.45, 7) is 1.60. The summed E-state index contributed by atoms with van der Waals surface area (Å²) in [4.78, 5) is -0.160. The number of rotatable bonds is 4. The summed E-state index contributed by atoms with van der Waals surface area (Å²) in [5, 5.41) is 0. The minimum absolute atomic E-state index is 0.0559. The lowest BCUT2D eigenvalue weighted by molar-refractivity contribution is 0.297. The van der Waals surface area contributed by atoms with Crippen molar-refractivity contribution in [2.24, 2.45) is 0 Å². The molecule has 21 heavy (non-hydrogen) atoms. The van der Waals surface area contributed by atoms with E-state index in [4.69, 9.17) is 15.4 Å². The number of benzene rings is 2. The molecule has 0 N–H and O–H groups in total. The third-order valence-corrected chi connectivity index (χ3v) is 4.08. The van der Waals surface area contributed by atoms with E-state index in [9.17, 15) is 17.2 Å². The van der Waals surface area contributed by atoms with Gasteiger partial charge >= 0.3 is 0 Å². The van der Waals surface area contributed by atoms with E-state index in [1.54, 1.807) is 13.0 Å². The van der Waals surface area contributed by atoms with Gasteiger partial charge in [0.15, 0.2) is 11.6 Å². The highest BCUT2D eigenvalue weighted by Crippen LogP contribution is 2.28. The van der Waals surface area contributed by atoms with E-state index in [-0.39, 0.29) is 17.3 Å². The molecule has 0 saturated heterocycles. The number of ether oxygens (including phenoxy) is 1. The summed E-state index contributed by atoms with van der Waals surface area (Å²) in [6.07, 6.45) is 0. The van der Waals surface area contributed by atoms with Crippen molar-refractivity contribution in [3.8, 4) is 5.75 Å². The first kappa shape index (κ1) is 15.7. The average Bonchev–Trinajstić information content (AvgIpc) is 2.40. The van der Waals surface area contributed by atoms with E-state index in [2.05, 4.69) is 0 Å². The van der Waals surface area contributed by atoms with Crippen molar-refractivity contribution in [3.63, 3.8) is 0 Å². The van der Waals surface area contributed by atoms with Gasteiger partial charge in [-0.05, 0) is 42.3 Å². The second-order valence-electron chi connectivity index (χ2n) is 4.43. The quantitative estimate of drug-likeness (QED) is 0.800. The topological polar surface area (TPSA) is 43.4 Å². The molecule has 0 aromatic heterocycles. The Kier molecular flexibility index (Phi) is 4.49. The molecule has 112 valence electrons. The zero-order chi connectivity index (χ0) is 15.6. The number of hydrogen-bond donors (Lipinski definition) is 0. The lowest BCUT2D eigenvalue weighted by atomic mass is 10.2. The van der Waals surface area contributed by atoms with Gasteiger partial charge in [-0.2, -0.15) is 0 Å². The summed E-state index contributed by atoms with van der Waals surface area (Å²) >= 11 is 0. The molecule has 0 aliphatic rings. The standard InChI is InChI=1S/C14H11ClF2O3S/c1-9-2-5-13(14(6-9)21(15,18)19)20-8-10-3-4-11(16)12(17)7-10/h2-7H,8H2,1H3. The van der Waals surface area contributed by atoms with Crippen molar-refractivity contribution in [1.82, 2.24) is 0 Å². The van der Waals surface area contributed by atoms with E-state index in [0.29, 0.717) is 11.1 Å². The van der Waals surface area contributed by atoms with Crippen molar-refractivity contribution in [2.45, 2.75) is 18.4 Å². The molecular formula is C14H11ClF2O3S. The van der Waals surface area contributed by atoms with Crippen LogP contribution in [-0.4, -0.2) is 8.42 Å². The first-order chi connectivity index (χ1) is 9.77. The van der Waals surface area contributed by atoms with Gasteiger partial charge in [0.05, 0.1) is 0 Å². The van der Waals surface area contributed by atoms with Crippen molar-refractivity contribution in [1.29, 1.82) is 0 Å². The highest BCUT2D eigenvalue weighted by molar-refractivity contribution is 8.13. The Hall–Kier alpha value is -1.66. The molecule has 0 fully saturated rings. The number of hydrogen-bond acceptors (Lipinski definition) is 3. The van der Waals surface area contributed by atoms with Crippen LogP contribution in [0, 0.1) is 18.6 Å². The van der Waals surface area contributed by atoms with Crippen molar-refractivity contribution >= 4 is 19.7 Å². The fourth-order valence-corrected chi connectivity index (χ4v) is 2.77. The maximum absolute atomic E-state index is 13.1. The summed E-state index contributed by atoms with van der Waals surface area (Å²) in [7, 11) is 1.38. The molecule has 7 heteroatoms. The zero-order valence-corrected chi connectivity index (χ0v) is 12.5. The molecular weight excluding hydrogens is 322 g/mol. The van der Waals surface area contributed by atoms with Gasteiger partial charge in [-0.25, -0.2) is 17.2 Å². The Balaban J connectivity index is 2.26. The molecule has 0 aliphatic carbocycles. The third-order valence-electron chi connectivity index (χ3n) is 2.74. The predicted molar refractivity (Wildman–Crippen MR) is 74.9 cm³/mol. The van der Waals surface area contributed by atoms with Gasteiger partial charge in [-0.15, -0.1) is 0 Å². The van der Waals surface area contributed by atoms with Crippen LogP contribution < -0.4 is 4.74 Å². The average molecular weight is 333 g/mol. The summed E-state index contributed by atoms with van der Waals surface area (Å²) in [6, 6.07) is 7.81. The van der Waals surface area contributed by atoms with E-state index in [0.717, 1.165) is 12.1 Å². The van der Waals surface area contributed by atoms with E-state index < -0.39 is 20.7 Å². The minimum Gasteiger partial charge on any atom is -0.487 e. The van der Waals surface area contributed by atoms with Gasteiger partial charge in [0, 0.05) is 10.7 Å². The molecule has 0 amide bonds. The van der Waals surface area contributed by atoms with Crippen LogP contribution in [0.25, 0.3) is 0 Å². The van der Waals surface area contributed by atoms with Crippen molar-refractivity contribution in [3.05, 3.63) is 59.2 Å². The maximum atomic E-state index is 13.1. The largest absolute Gasteiger partial charge is 0.487 e. The van der Waals surface area contributed by atoms with Gasteiger partial charge in [-0.1, -0.05) is 12.1 Å². The molecule has 0 spiro atoms. The van der Waals surface area contributed by atoms with Crippen LogP contribution in [0.1, 0.15) is 11.1 Å². The summed E-state index contributed by atoms with van der Waals surface area (Å²) in [5.74, 6) is -1.90. The molecule has 3 nitrogen and oxygen atoms in total. The van der Waals surface area contributed by atoms with Crippen LogP contribution in [0.2, 0.25) is 0 Å². The minimum atomic E-state index is -3.96. The molecule has 0 atom stereocenters. The summed E-state index contributed by atoms with van der Waals surface area (Å²) in [5.41, 5.74) is 1.07. The summed E-state index contributed by atoms with van der Waals surface area (Å²) < 4.78 is 54.2. The monoisotopic (exact) mass is 332 g/mol. The van der Waals surface area contributed by atoms with Gasteiger partial charge in [0.2, 0.25) is 0 Å². The second kappa shape index (κ2) is 5.99. The van der Waals surface area contributed by atoms with Gasteiger partial charge in [-0.3, -0.25) is 0 Å². The highest BCUT2D eigenvalue weighted by Gasteiger charge is 2.17. The highest BCUT2D eigenvalue weighted by atomic mass is 35.7. The SMILES string of the molecule is Cc1ccc(OCc2ccc(F)c(F)c2)c(S(=O)(=O)Cl)c1. The molecule has 0 saturated carbocycles. The Bertz CT molecular complexity index is 776. The first-order valence-corrected chi connectivity index (χ1v) is 8.20. The Morgan fingerprint density at radius 2 is 1.81 bits per heavy atom. The number of halogens is 3. The molecule has 0 heterocycles. The van der Waals surface area contributed by atoms with Crippen LogP contribution in [0.3, 0.4) is 0 Å². The van der Waals surface area contributed by atoms with E-state index in [1.165, 1.54) is 18.2 Å². The maximum Gasteiger partial charge on any atom is 0.264 e. The van der Waals surface area contributed by atoms with Gasteiger partial charge in [0.1, 0.15) is 17.3 Å². The fourth-order valence-electron chi connectivity index (χ4n) is 1.72. The van der Waals surface area contributed by atoms with E-state index in [1.807, 2.05) is 0 Å².